The summed E-state index contributed by atoms with van der Waals surface area (Å²) in [5, 5.41) is 3.12. The Morgan fingerprint density at radius 3 is 2.12 bits per heavy atom. The number of nitrogens with one attached hydrogen (secondary N) is 1. The van der Waals surface area contributed by atoms with Crippen molar-refractivity contribution in [2.45, 2.75) is 65.0 Å². The number of carbonyl (C=O) groups is 2. The Balaban J connectivity index is 0.00000385. The molecule has 0 aromatic heterocycles. The van der Waals surface area contributed by atoms with Gasteiger partial charge in [0, 0.05) is 12.3 Å². The molecule has 1 fully saturated rings. The van der Waals surface area contributed by atoms with Gasteiger partial charge in [0.15, 0.2) is 0 Å². The first kappa shape index (κ1) is 27.1. The van der Waals surface area contributed by atoms with Crippen LogP contribution in [0.25, 0.3) is 0 Å². The molecule has 1 saturated carbocycles. The van der Waals surface area contributed by atoms with Crippen LogP contribution in [0.1, 0.15) is 76.1 Å². The number of benzene rings is 2. The fourth-order valence-electron chi connectivity index (χ4n) is 5.13. The van der Waals surface area contributed by atoms with Crippen molar-refractivity contribution >= 4 is 24.1 Å². The van der Waals surface area contributed by atoms with E-state index in [1.54, 1.807) is 0 Å². The van der Waals surface area contributed by atoms with Crippen molar-refractivity contribution in [3.8, 4) is 0 Å². The average Bonchev–Trinajstić information content (AvgIpc) is 2.81. The van der Waals surface area contributed by atoms with Crippen LogP contribution >= 0.6 is 12.4 Å². The summed E-state index contributed by atoms with van der Waals surface area (Å²) >= 11 is 0. The van der Waals surface area contributed by atoms with Gasteiger partial charge in [-0.05, 0) is 48.1 Å². The van der Waals surface area contributed by atoms with Crippen molar-refractivity contribution in [1.82, 2.24) is 5.32 Å². The van der Waals surface area contributed by atoms with Gasteiger partial charge < -0.3 is 11.1 Å². The van der Waals surface area contributed by atoms with Gasteiger partial charge in [0.1, 0.15) is 11.8 Å². The molecule has 1 aliphatic rings. The van der Waals surface area contributed by atoms with E-state index in [4.69, 9.17) is 5.73 Å². The molecule has 1 aliphatic carbocycles. The van der Waals surface area contributed by atoms with Crippen LogP contribution in [0, 0.1) is 23.7 Å². The van der Waals surface area contributed by atoms with Gasteiger partial charge in [-0.1, -0.05) is 87.9 Å². The molecular weight excluding hydrogens is 432 g/mol. The van der Waals surface area contributed by atoms with Gasteiger partial charge in [0.25, 0.3) is 0 Å². The van der Waals surface area contributed by atoms with Crippen LogP contribution in [-0.2, 0) is 9.59 Å². The second kappa shape index (κ2) is 12.9. The van der Waals surface area contributed by atoms with E-state index >= 15 is 0 Å². The lowest BCUT2D eigenvalue weighted by molar-refractivity contribution is -0.128. The molecular formula is C28H39ClN2O2. The molecule has 4 nitrogen and oxygen atoms in total. The topological polar surface area (TPSA) is 72.2 Å². The van der Waals surface area contributed by atoms with E-state index in [0.29, 0.717) is 36.4 Å². The number of amides is 1. The number of ketones is 1. The minimum Gasteiger partial charge on any atom is -0.348 e. The fraction of sp³-hybridized carbons (Fsp3) is 0.500. The number of carbonyl (C=O) groups excluding carboxylic acids is 2. The molecule has 0 spiro atoms. The second-order valence-corrected chi connectivity index (χ2v) is 9.80. The predicted octanol–water partition coefficient (Wildman–Crippen LogP) is 6.02. The third-order valence-electron chi connectivity index (χ3n) is 7.07. The molecule has 2 aromatic carbocycles. The summed E-state index contributed by atoms with van der Waals surface area (Å²) in [5.74, 6) is 1.85. The van der Waals surface area contributed by atoms with Crippen LogP contribution < -0.4 is 11.1 Å². The van der Waals surface area contributed by atoms with E-state index in [0.717, 1.165) is 24.0 Å². The maximum absolute atomic E-state index is 13.3. The van der Waals surface area contributed by atoms with E-state index in [1.165, 1.54) is 6.42 Å². The highest BCUT2D eigenvalue weighted by molar-refractivity contribution is 5.85. The molecule has 5 heteroatoms. The van der Waals surface area contributed by atoms with E-state index in [9.17, 15) is 9.59 Å². The monoisotopic (exact) mass is 470 g/mol. The number of hydrogen-bond donors (Lipinski definition) is 2. The van der Waals surface area contributed by atoms with E-state index in [2.05, 4.69) is 26.1 Å². The lowest BCUT2D eigenvalue weighted by Gasteiger charge is -2.36. The highest BCUT2D eigenvalue weighted by Gasteiger charge is 2.35. The molecule has 0 aliphatic heterocycles. The first-order chi connectivity index (χ1) is 15.4. The van der Waals surface area contributed by atoms with Gasteiger partial charge in [0.05, 0.1) is 6.04 Å². The standard InChI is InChI=1S/C28H38N2O2.ClH/c1-19(2)23-15-14-20(3)18-24(23)26(31)17-16-25(21-10-6-4-7-11-21)30-28(32)27(29)22-12-8-5-9-13-22;/h4-13,19-20,23-25,27H,14-18,29H2,1-3H3,(H,30,32);1H/t20-,23+,24-,25-,27-;/m1./s1. The average molecular weight is 471 g/mol. The van der Waals surface area contributed by atoms with Crippen LogP contribution in [-0.4, -0.2) is 11.7 Å². The Bertz CT molecular complexity index is 872. The number of rotatable bonds is 9. The number of nitrogens with two attached hydrogens (primary N) is 1. The number of hydrogen-bond acceptors (Lipinski definition) is 3. The maximum atomic E-state index is 13.3. The van der Waals surface area contributed by atoms with Crippen molar-refractivity contribution in [2.75, 3.05) is 0 Å². The van der Waals surface area contributed by atoms with Crippen LogP contribution in [0.3, 0.4) is 0 Å². The Kier molecular flexibility index (Phi) is 10.6. The summed E-state index contributed by atoms with van der Waals surface area (Å²) in [4.78, 5) is 26.2. The Morgan fingerprint density at radius 2 is 1.55 bits per heavy atom. The first-order valence-electron chi connectivity index (χ1n) is 12.0. The lowest BCUT2D eigenvalue weighted by atomic mass is 9.68. The maximum Gasteiger partial charge on any atom is 0.241 e. The highest BCUT2D eigenvalue weighted by atomic mass is 35.5. The zero-order valence-corrected chi connectivity index (χ0v) is 20.9. The predicted molar refractivity (Wildman–Crippen MR) is 137 cm³/mol. The number of Topliss-reactive ketones (excluding diaryl/α,β-unsaturated/α-hetero) is 1. The molecule has 0 heterocycles. The van der Waals surface area contributed by atoms with Gasteiger partial charge in [0.2, 0.25) is 5.91 Å². The molecule has 0 unspecified atom stereocenters. The van der Waals surface area contributed by atoms with Gasteiger partial charge in [-0.25, -0.2) is 0 Å². The van der Waals surface area contributed by atoms with Crippen LogP contribution in [0.5, 0.6) is 0 Å². The molecule has 180 valence electrons. The number of halogens is 1. The first-order valence-corrected chi connectivity index (χ1v) is 12.0. The summed E-state index contributed by atoms with van der Waals surface area (Å²) in [5.41, 5.74) is 8.01. The van der Waals surface area contributed by atoms with Gasteiger partial charge >= 0.3 is 0 Å². The minimum atomic E-state index is -0.734. The lowest BCUT2D eigenvalue weighted by Crippen LogP contribution is -2.37. The normalized spacial score (nSPS) is 22.2. The van der Waals surface area contributed by atoms with Crippen molar-refractivity contribution in [2.24, 2.45) is 29.4 Å². The summed E-state index contributed by atoms with van der Waals surface area (Å²) in [6.45, 7) is 6.73. The molecule has 5 atom stereocenters. The van der Waals surface area contributed by atoms with Crippen molar-refractivity contribution < 1.29 is 9.59 Å². The van der Waals surface area contributed by atoms with Crippen LogP contribution in [0.2, 0.25) is 0 Å². The molecule has 3 N–H and O–H groups in total. The van der Waals surface area contributed by atoms with Crippen LogP contribution in [0.15, 0.2) is 60.7 Å². The quantitative estimate of drug-likeness (QED) is 0.470. The van der Waals surface area contributed by atoms with E-state index in [-0.39, 0.29) is 30.3 Å². The van der Waals surface area contributed by atoms with Gasteiger partial charge in [-0.15, -0.1) is 12.4 Å². The fourth-order valence-corrected chi connectivity index (χ4v) is 5.13. The summed E-state index contributed by atoms with van der Waals surface area (Å²) in [7, 11) is 0. The van der Waals surface area contributed by atoms with Crippen molar-refractivity contribution in [3.05, 3.63) is 71.8 Å². The van der Waals surface area contributed by atoms with Gasteiger partial charge in [-0.3, -0.25) is 9.59 Å². The van der Waals surface area contributed by atoms with Crippen molar-refractivity contribution in [3.63, 3.8) is 0 Å². The van der Waals surface area contributed by atoms with Crippen molar-refractivity contribution in [1.29, 1.82) is 0 Å². The Hall–Kier alpha value is -2.17. The smallest absolute Gasteiger partial charge is 0.241 e. The zero-order chi connectivity index (χ0) is 23.1. The second-order valence-electron chi connectivity index (χ2n) is 9.80. The molecule has 0 saturated heterocycles. The molecule has 3 rings (SSSR count). The SMILES string of the molecule is CC(C)[C@@H]1CC[C@@H](C)C[C@H]1C(=O)CC[C@@H](NC(=O)[C@H](N)c1ccccc1)c1ccccc1.Cl. The zero-order valence-electron chi connectivity index (χ0n) is 20.1. The Morgan fingerprint density at radius 1 is 0.970 bits per heavy atom. The summed E-state index contributed by atoms with van der Waals surface area (Å²) < 4.78 is 0. The largest absolute Gasteiger partial charge is 0.348 e. The van der Waals surface area contributed by atoms with E-state index < -0.39 is 6.04 Å². The molecule has 33 heavy (non-hydrogen) atoms. The third-order valence-corrected chi connectivity index (χ3v) is 7.07. The van der Waals surface area contributed by atoms with E-state index in [1.807, 2.05) is 60.7 Å². The minimum absolute atomic E-state index is 0. The Labute approximate surface area is 205 Å². The van der Waals surface area contributed by atoms with Gasteiger partial charge in [-0.2, -0.15) is 0 Å². The highest BCUT2D eigenvalue weighted by Crippen LogP contribution is 2.39. The summed E-state index contributed by atoms with van der Waals surface area (Å²) in [6, 6.07) is 18.3. The molecule has 0 bridgehead atoms. The molecule has 2 aromatic rings. The third kappa shape index (κ3) is 7.41. The molecule has 1 amide bonds. The van der Waals surface area contributed by atoms with Crippen LogP contribution in [0.4, 0.5) is 0 Å². The molecule has 0 radical (unpaired) electrons. The summed E-state index contributed by atoms with van der Waals surface area (Å²) in [6.07, 6.45) is 4.41.